The third-order valence-electron chi connectivity index (χ3n) is 4.02. The SMILES string of the molecule is CCCC(N)C(=O)N(Cc1cc(OC)ccc1OC)C1CC1. The molecule has 5 heteroatoms. The van der Waals surface area contributed by atoms with Gasteiger partial charge in [-0.15, -0.1) is 0 Å². The first-order chi connectivity index (χ1) is 10.6. The molecule has 1 amide bonds. The van der Waals surface area contributed by atoms with Gasteiger partial charge in [0.1, 0.15) is 11.5 Å². The zero-order chi connectivity index (χ0) is 16.1. The molecule has 0 spiro atoms. The molecule has 1 fully saturated rings. The predicted molar refractivity (Wildman–Crippen MR) is 86.0 cm³/mol. The maximum atomic E-state index is 12.6. The van der Waals surface area contributed by atoms with E-state index in [1.807, 2.05) is 30.0 Å². The lowest BCUT2D eigenvalue weighted by molar-refractivity contribution is -0.134. The fourth-order valence-electron chi connectivity index (χ4n) is 2.61. The average Bonchev–Trinajstić information content (AvgIpc) is 3.36. The molecule has 1 atom stereocenters. The Morgan fingerprint density at radius 1 is 1.36 bits per heavy atom. The van der Waals surface area contributed by atoms with Crippen LogP contribution < -0.4 is 15.2 Å². The van der Waals surface area contributed by atoms with Gasteiger partial charge in [-0.2, -0.15) is 0 Å². The van der Waals surface area contributed by atoms with Crippen molar-refractivity contribution in [3.8, 4) is 11.5 Å². The normalized spacial score (nSPS) is 15.3. The van der Waals surface area contributed by atoms with E-state index < -0.39 is 6.04 Å². The Morgan fingerprint density at radius 2 is 2.09 bits per heavy atom. The Bertz CT molecular complexity index is 515. The predicted octanol–water partition coefficient (Wildman–Crippen LogP) is 2.32. The minimum atomic E-state index is -0.415. The molecule has 0 aromatic heterocycles. The third kappa shape index (κ3) is 3.91. The molecule has 1 aliphatic rings. The van der Waals surface area contributed by atoms with E-state index in [2.05, 4.69) is 0 Å². The molecule has 0 heterocycles. The second-order valence-electron chi connectivity index (χ2n) is 5.77. The van der Waals surface area contributed by atoms with E-state index in [9.17, 15) is 4.79 Å². The molecule has 0 bridgehead atoms. The molecule has 22 heavy (non-hydrogen) atoms. The highest BCUT2D eigenvalue weighted by Gasteiger charge is 2.35. The van der Waals surface area contributed by atoms with Gasteiger partial charge in [0, 0.05) is 18.2 Å². The maximum absolute atomic E-state index is 12.6. The third-order valence-corrected chi connectivity index (χ3v) is 4.02. The van der Waals surface area contributed by atoms with Gasteiger partial charge in [0.25, 0.3) is 0 Å². The Labute approximate surface area is 132 Å². The summed E-state index contributed by atoms with van der Waals surface area (Å²) in [6, 6.07) is 5.55. The lowest BCUT2D eigenvalue weighted by Gasteiger charge is -2.26. The minimum absolute atomic E-state index is 0.0363. The lowest BCUT2D eigenvalue weighted by atomic mass is 10.1. The van der Waals surface area contributed by atoms with Crippen molar-refractivity contribution in [1.29, 1.82) is 0 Å². The fourth-order valence-corrected chi connectivity index (χ4v) is 2.61. The lowest BCUT2D eigenvalue weighted by Crippen LogP contribution is -2.44. The molecular weight excluding hydrogens is 280 g/mol. The molecule has 122 valence electrons. The maximum Gasteiger partial charge on any atom is 0.240 e. The quantitative estimate of drug-likeness (QED) is 0.800. The van der Waals surface area contributed by atoms with Crippen molar-refractivity contribution in [3.05, 3.63) is 23.8 Å². The molecule has 5 nitrogen and oxygen atoms in total. The molecule has 2 N–H and O–H groups in total. The second kappa shape index (κ2) is 7.49. The van der Waals surface area contributed by atoms with E-state index in [0.717, 1.165) is 42.7 Å². The van der Waals surface area contributed by atoms with Gasteiger partial charge in [-0.1, -0.05) is 13.3 Å². The zero-order valence-corrected chi connectivity index (χ0v) is 13.7. The van der Waals surface area contributed by atoms with Gasteiger partial charge in [0.2, 0.25) is 5.91 Å². The van der Waals surface area contributed by atoms with Crippen molar-refractivity contribution in [2.24, 2.45) is 5.73 Å². The summed E-state index contributed by atoms with van der Waals surface area (Å²) in [6.45, 7) is 2.56. The molecule has 1 saturated carbocycles. The van der Waals surface area contributed by atoms with Gasteiger partial charge >= 0.3 is 0 Å². The molecule has 2 rings (SSSR count). The topological polar surface area (TPSA) is 64.8 Å². The largest absolute Gasteiger partial charge is 0.497 e. The molecule has 0 saturated heterocycles. The summed E-state index contributed by atoms with van der Waals surface area (Å²) in [5.74, 6) is 1.56. The summed E-state index contributed by atoms with van der Waals surface area (Å²) in [5.41, 5.74) is 6.98. The number of amides is 1. The van der Waals surface area contributed by atoms with Crippen LogP contribution in [0.1, 0.15) is 38.2 Å². The van der Waals surface area contributed by atoms with Crippen molar-refractivity contribution < 1.29 is 14.3 Å². The summed E-state index contributed by atoms with van der Waals surface area (Å²) >= 11 is 0. The Kier molecular flexibility index (Phi) is 5.66. The van der Waals surface area contributed by atoms with E-state index in [0.29, 0.717) is 12.6 Å². The van der Waals surface area contributed by atoms with Crippen LogP contribution in [0.5, 0.6) is 11.5 Å². The van der Waals surface area contributed by atoms with Crippen LogP contribution in [0.25, 0.3) is 0 Å². The van der Waals surface area contributed by atoms with Crippen LogP contribution in [0.15, 0.2) is 18.2 Å². The number of hydrogen-bond donors (Lipinski definition) is 1. The van der Waals surface area contributed by atoms with Crippen LogP contribution in [0.3, 0.4) is 0 Å². The van der Waals surface area contributed by atoms with E-state index in [-0.39, 0.29) is 5.91 Å². The highest BCUT2D eigenvalue weighted by atomic mass is 16.5. The summed E-state index contributed by atoms with van der Waals surface area (Å²) in [6.07, 6.45) is 3.74. The van der Waals surface area contributed by atoms with Crippen LogP contribution in [0.4, 0.5) is 0 Å². The van der Waals surface area contributed by atoms with Crippen LogP contribution in [-0.2, 0) is 11.3 Å². The Hall–Kier alpha value is -1.75. The minimum Gasteiger partial charge on any atom is -0.497 e. The summed E-state index contributed by atoms with van der Waals surface area (Å²) in [7, 11) is 3.27. The van der Waals surface area contributed by atoms with Crippen LogP contribution in [0, 0.1) is 0 Å². The van der Waals surface area contributed by atoms with E-state index in [4.69, 9.17) is 15.2 Å². The van der Waals surface area contributed by atoms with Crippen molar-refractivity contribution in [2.75, 3.05) is 14.2 Å². The highest BCUT2D eigenvalue weighted by molar-refractivity contribution is 5.82. The first-order valence-electron chi connectivity index (χ1n) is 7.87. The number of hydrogen-bond acceptors (Lipinski definition) is 4. The summed E-state index contributed by atoms with van der Waals surface area (Å²) < 4.78 is 10.7. The highest BCUT2D eigenvalue weighted by Crippen LogP contribution is 2.32. The Morgan fingerprint density at radius 3 is 2.64 bits per heavy atom. The molecule has 1 unspecified atom stereocenters. The van der Waals surface area contributed by atoms with Gasteiger partial charge in [-0.05, 0) is 37.5 Å². The van der Waals surface area contributed by atoms with E-state index in [1.54, 1.807) is 14.2 Å². The number of carbonyl (C=O) groups is 1. The monoisotopic (exact) mass is 306 g/mol. The van der Waals surface area contributed by atoms with Gasteiger partial charge in [-0.25, -0.2) is 0 Å². The van der Waals surface area contributed by atoms with Crippen LogP contribution in [-0.4, -0.2) is 37.1 Å². The summed E-state index contributed by atoms with van der Waals surface area (Å²) in [4.78, 5) is 14.5. The van der Waals surface area contributed by atoms with Gasteiger partial charge in [0.15, 0.2) is 0 Å². The standard InChI is InChI=1S/C17H26N2O3/c1-4-5-15(18)17(20)19(13-6-7-13)11-12-10-14(21-2)8-9-16(12)22-3/h8-10,13,15H,4-7,11,18H2,1-3H3. The molecule has 1 aromatic carbocycles. The Balaban J connectivity index is 2.19. The first kappa shape index (κ1) is 16.6. The van der Waals surface area contributed by atoms with Crippen molar-refractivity contribution in [2.45, 2.75) is 51.2 Å². The molecular formula is C17H26N2O3. The van der Waals surface area contributed by atoms with Crippen molar-refractivity contribution in [1.82, 2.24) is 4.90 Å². The van der Waals surface area contributed by atoms with E-state index >= 15 is 0 Å². The number of rotatable bonds is 8. The van der Waals surface area contributed by atoms with E-state index in [1.165, 1.54) is 0 Å². The summed E-state index contributed by atoms with van der Waals surface area (Å²) in [5, 5.41) is 0. The molecule has 1 aliphatic carbocycles. The zero-order valence-electron chi connectivity index (χ0n) is 13.7. The van der Waals surface area contributed by atoms with Gasteiger partial charge < -0.3 is 20.1 Å². The number of carbonyl (C=O) groups excluding carboxylic acids is 1. The molecule has 1 aromatic rings. The second-order valence-corrected chi connectivity index (χ2v) is 5.77. The van der Waals surface area contributed by atoms with Crippen LogP contribution in [0.2, 0.25) is 0 Å². The molecule has 0 radical (unpaired) electrons. The first-order valence-corrected chi connectivity index (χ1v) is 7.87. The number of methoxy groups -OCH3 is 2. The number of nitrogens with zero attached hydrogens (tertiary/aromatic N) is 1. The fraction of sp³-hybridized carbons (Fsp3) is 0.588. The van der Waals surface area contributed by atoms with Crippen molar-refractivity contribution >= 4 is 5.91 Å². The number of nitrogens with two attached hydrogens (primary N) is 1. The number of ether oxygens (including phenoxy) is 2. The van der Waals surface area contributed by atoms with Gasteiger partial charge in [-0.3, -0.25) is 4.79 Å². The number of benzene rings is 1. The smallest absolute Gasteiger partial charge is 0.240 e. The average molecular weight is 306 g/mol. The van der Waals surface area contributed by atoms with Gasteiger partial charge in [0.05, 0.1) is 20.3 Å². The molecule has 0 aliphatic heterocycles. The van der Waals surface area contributed by atoms with Crippen LogP contribution >= 0.6 is 0 Å². The van der Waals surface area contributed by atoms with Crippen molar-refractivity contribution in [3.63, 3.8) is 0 Å².